The van der Waals surface area contributed by atoms with E-state index in [9.17, 15) is 18.8 Å². The molecule has 2 atom stereocenters. The topological polar surface area (TPSA) is 113 Å². The molecule has 1 amide bonds. The Kier molecular flexibility index (Phi) is 6.81. The van der Waals surface area contributed by atoms with Crippen molar-refractivity contribution in [3.8, 4) is 28.2 Å². The van der Waals surface area contributed by atoms with Crippen molar-refractivity contribution in [2.24, 2.45) is 0 Å². The van der Waals surface area contributed by atoms with Crippen molar-refractivity contribution in [2.75, 3.05) is 38.2 Å². The van der Waals surface area contributed by atoms with Crippen molar-refractivity contribution < 1.29 is 41.7 Å². The van der Waals surface area contributed by atoms with Crippen LogP contribution in [0.25, 0.3) is 22.5 Å². The third kappa shape index (κ3) is 4.22. The molecule has 2 aromatic heterocycles. The molecule has 0 spiro atoms. The second-order valence-electron chi connectivity index (χ2n) is 10.2. The van der Waals surface area contributed by atoms with E-state index in [2.05, 4.69) is 0 Å². The second kappa shape index (κ2) is 10.8. The maximum atomic E-state index is 15.8. The first-order valence-corrected chi connectivity index (χ1v) is 13.9. The van der Waals surface area contributed by atoms with Crippen LogP contribution >= 0.6 is 0 Å². The van der Waals surface area contributed by atoms with E-state index in [-0.39, 0.29) is 43.4 Å². The molecule has 3 aliphatic rings. The van der Waals surface area contributed by atoms with Gasteiger partial charge in [-0.15, -0.1) is 0 Å². The Balaban J connectivity index is 1.46. The van der Waals surface area contributed by atoms with E-state index in [1.54, 1.807) is 22.9 Å². The van der Waals surface area contributed by atoms with Crippen LogP contribution in [0.15, 0.2) is 70.2 Å². The number of nitrogens with zero attached hydrogens (tertiary/aromatic N) is 3. The Labute approximate surface area is 248 Å². The number of morpholine rings is 1. The summed E-state index contributed by atoms with van der Waals surface area (Å²) in [5.74, 6) is -2.58. The minimum absolute atomic E-state index is 0.0111. The van der Waals surface area contributed by atoms with Gasteiger partial charge in [0.15, 0.2) is 17.3 Å². The van der Waals surface area contributed by atoms with Crippen LogP contribution < -0.4 is 15.2 Å². The molecule has 44 heavy (non-hydrogen) atoms. The van der Waals surface area contributed by atoms with Crippen LogP contribution in [0.5, 0.6) is 5.75 Å². The van der Waals surface area contributed by atoms with Crippen LogP contribution in [0, 0.1) is 11.6 Å². The minimum atomic E-state index is -1.05. The second-order valence-corrected chi connectivity index (χ2v) is 10.2. The lowest BCUT2D eigenvalue weighted by Gasteiger charge is -2.51. The summed E-state index contributed by atoms with van der Waals surface area (Å²) in [6.45, 7) is 1.49. The average Bonchev–Trinajstić information content (AvgIpc) is 3.47. The molecule has 1 aliphatic carbocycles. The summed E-state index contributed by atoms with van der Waals surface area (Å²) in [5, 5.41) is 1.79. The van der Waals surface area contributed by atoms with Gasteiger partial charge in [0.05, 0.1) is 32.1 Å². The number of hydrogen-bond donors (Lipinski definition) is 0. The molecule has 4 aromatic rings. The zero-order valence-electron chi connectivity index (χ0n) is 23.3. The minimum Gasteiger partial charge on any atom is -0.464 e. The lowest BCUT2D eigenvalue weighted by atomic mass is 9.92. The molecule has 2 aromatic carbocycles. The lowest BCUT2D eigenvalue weighted by Crippen LogP contribution is -2.66. The molecule has 2 aliphatic heterocycles. The van der Waals surface area contributed by atoms with Gasteiger partial charge in [-0.05, 0) is 30.2 Å². The number of hydrogen-bond acceptors (Lipinski definition) is 9. The van der Waals surface area contributed by atoms with Crippen molar-refractivity contribution in [1.29, 1.82) is 0 Å². The Morgan fingerprint density at radius 3 is 2.70 bits per heavy atom. The number of benzene rings is 2. The first-order valence-electron chi connectivity index (χ1n) is 13.9. The fourth-order valence-corrected chi connectivity index (χ4v) is 6.13. The Bertz CT molecular complexity index is 1850. The number of ether oxygens (including phenoxy) is 4. The first kappa shape index (κ1) is 27.7. The molecular formula is C31H25F2N3O8. The van der Waals surface area contributed by atoms with Crippen LogP contribution in [0.2, 0.25) is 0 Å². The molecule has 0 bridgehead atoms. The Morgan fingerprint density at radius 1 is 1.02 bits per heavy atom. The Hall–Kier alpha value is -5.17. The molecule has 7 rings (SSSR count). The zero-order valence-corrected chi connectivity index (χ0v) is 23.3. The SMILES string of the molecule is CCOC(=O)OCOc1c2n(ccc1=O)N(C1c3ccccc3-c3occc3-c3c1ccc(F)c3F)C1COCCN1C2=O. The molecule has 1 saturated heterocycles. The number of carbonyl (C=O) groups is 2. The van der Waals surface area contributed by atoms with Crippen LogP contribution in [0.3, 0.4) is 0 Å². The van der Waals surface area contributed by atoms with Gasteiger partial charge in [-0.1, -0.05) is 30.3 Å². The molecule has 2 unspecified atom stereocenters. The van der Waals surface area contributed by atoms with E-state index in [0.717, 1.165) is 6.07 Å². The van der Waals surface area contributed by atoms with Gasteiger partial charge in [-0.3, -0.25) is 19.3 Å². The molecule has 226 valence electrons. The van der Waals surface area contributed by atoms with Crippen LogP contribution in [0.1, 0.15) is 34.6 Å². The fourth-order valence-electron chi connectivity index (χ4n) is 6.13. The van der Waals surface area contributed by atoms with Gasteiger partial charge < -0.3 is 28.3 Å². The highest BCUT2D eigenvalue weighted by Gasteiger charge is 2.47. The maximum Gasteiger partial charge on any atom is 0.511 e. The monoisotopic (exact) mass is 605 g/mol. The van der Waals surface area contributed by atoms with Gasteiger partial charge in [0.2, 0.25) is 18.0 Å². The zero-order chi connectivity index (χ0) is 30.5. The van der Waals surface area contributed by atoms with Crippen molar-refractivity contribution in [2.45, 2.75) is 19.1 Å². The molecule has 0 radical (unpaired) electrons. The highest BCUT2D eigenvalue weighted by atomic mass is 19.2. The number of furan rings is 1. The first-order chi connectivity index (χ1) is 21.4. The number of rotatable bonds is 5. The number of aromatic nitrogens is 1. The predicted octanol–water partition coefficient (Wildman–Crippen LogP) is 4.42. The highest BCUT2D eigenvalue weighted by molar-refractivity contribution is 5.97. The highest BCUT2D eigenvalue weighted by Crippen LogP contribution is 2.49. The molecule has 4 heterocycles. The summed E-state index contributed by atoms with van der Waals surface area (Å²) >= 11 is 0. The van der Waals surface area contributed by atoms with E-state index in [0.29, 0.717) is 28.0 Å². The molecule has 0 N–H and O–H groups in total. The summed E-state index contributed by atoms with van der Waals surface area (Å²) in [6, 6.07) is 11.8. The third-order valence-electron chi connectivity index (χ3n) is 7.92. The van der Waals surface area contributed by atoms with Crippen molar-refractivity contribution in [3.63, 3.8) is 0 Å². The number of fused-ring (bicyclic) bond motifs is 7. The van der Waals surface area contributed by atoms with Crippen molar-refractivity contribution in [3.05, 3.63) is 99.7 Å². The quantitative estimate of drug-likeness (QED) is 0.241. The number of carbonyl (C=O) groups excluding carboxylic acids is 2. The molecule has 1 fully saturated rings. The average molecular weight is 606 g/mol. The van der Waals surface area contributed by atoms with Gasteiger partial charge in [-0.25, -0.2) is 13.6 Å². The van der Waals surface area contributed by atoms with Crippen LogP contribution in [0.4, 0.5) is 13.6 Å². The van der Waals surface area contributed by atoms with Gasteiger partial charge >= 0.3 is 6.16 Å². The lowest BCUT2D eigenvalue weighted by molar-refractivity contribution is -0.0210. The Morgan fingerprint density at radius 2 is 1.86 bits per heavy atom. The normalized spacial score (nSPS) is 18.3. The van der Waals surface area contributed by atoms with Crippen LogP contribution in [-0.2, 0) is 14.2 Å². The maximum absolute atomic E-state index is 15.8. The van der Waals surface area contributed by atoms with E-state index in [4.69, 9.17) is 23.4 Å². The van der Waals surface area contributed by atoms with E-state index in [1.165, 1.54) is 29.3 Å². The number of amides is 1. The van der Waals surface area contributed by atoms with Crippen molar-refractivity contribution in [1.82, 2.24) is 9.58 Å². The van der Waals surface area contributed by atoms with Crippen molar-refractivity contribution >= 4 is 12.1 Å². The standard InChI is InChI=1S/C31H25F2N3O8/c1-2-41-31(39)44-16-43-29-22(37)9-11-35-27(29)30(38)34-12-14-40-15-23(34)36(35)26-17-5-3-4-6-18(17)28-20(10-13-42-28)24-19(26)7-8-21(32)25(24)33/h3-11,13,23,26H,2,12,14-16H2,1H3. The van der Waals surface area contributed by atoms with Crippen LogP contribution in [-0.4, -0.2) is 61.0 Å². The summed E-state index contributed by atoms with van der Waals surface area (Å²) in [4.78, 5) is 40.4. The van der Waals surface area contributed by atoms with E-state index < -0.39 is 48.1 Å². The smallest absolute Gasteiger partial charge is 0.464 e. The molecule has 0 saturated carbocycles. The van der Waals surface area contributed by atoms with Gasteiger partial charge in [-0.2, -0.15) is 0 Å². The van der Waals surface area contributed by atoms with Gasteiger partial charge in [0.25, 0.3) is 5.91 Å². The molecular weight excluding hydrogens is 580 g/mol. The summed E-state index contributed by atoms with van der Waals surface area (Å²) in [7, 11) is 0. The number of pyridine rings is 1. The summed E-state index contributed by atoms with van der Waals surface area (Å²) in [5.41, 5.74) is 1.33. The van der Waals surface area contributed by atoms with Gasteiger partial charge in [0.1, 0.15) is 11.9 Å². The van der Waals surface area contributed by atoms with E-state index >= 15 is 4.39 Å². The number of halogens is 2. The summed E-state index contributed by atoms with van der Waals surface area (Å²) < 4.78 is 59.0. The fraction of sp³-hybridized carbons (Fsp3) is 0.258. The predicted molar refractivity (Wildman–Crippen MR) is 150 cm³/mol. The van der Waals surface area contributed by atoms with E-state index in [1.807, 2.05) is 24.3 Å². The van der Waals surface area contributed by atoms with Gasteiger partial charge in [0, 0.05) is 35.5 Å². The largest absolute Gasteiger partial charge is 0.511 e. The summed E-state index contributed by atoms with van der Waals surface area (Å²) in [6.07, 6.45) is 1.12. The molecule has 11 nitrogen and oxygen atoms in total. The third-order valence-corrected chi connectivity index (χ3v) is 7.92. The molecule has 13 heteroatoms.